The van der Waals surface area contributed by atoms with Crippen molar-refractivity contribution in [2.24, 2.45) is 0 Å². The van der Waals surface area contributed by atoms with Crippen molar-refractivity contribution in [3.63, 3.8) is 0 Å². The summed E-state index contributed by atoms with van der Waals surface area (Å²) in [4.78, 5) is 2.62. The zero-order chi connectivity index (χ0) is 10.0. The van der Waals surface area contributed by atoms with Gasteiger partial charge >= 0.3 is 0 Å². The molecule has 0 aromatic rings. The van der Waals surface area contributed by atoms with Crippen molar-refractivity contribution in [1.82, 2.24) is 4.90 Å². The highest BCUT2D eigenvalue weighted by molar-refractivity contribution is 4.91. The second kappa shape index (κ2) is 4.19. The predicted molar refractivity (Wildman–Crippen MR) is 58.2 cm³/mol. The van der Waals surface area contributed by atoms with E-state index in [1.165, 1.54) is 38.5 Å². The van der Waals surface area contributed by atoms with Crippen molar-refractivity contribution in [3.8, 4) is 0 Å². The lowest BCUT2D eigenvalue weighted by molar-refractivity contribution is -0.119. The average molecular weight is 197 g/mol. The van der Waals surface area contributed by atoms with Crippen molar-refractivity contribution in [2.45, 2.75) is 64.1 Å². The van der Waals surface area contributed by atoms with Gasteiger partial charge in [0.05, 0.1) is 6.61 Å². The third kappa shape index (κ3) is 1.70. The summed E-state index contributed by atoms with van der Waals surface area (Å²) in [5.74, 6) is 0. The molecule has 1 atom stereocenters. The molecule has 2 heteroatoms. The standard InChI is InChI=1S/C12H23NO/c1-3-11(2)13-9-10-14-12(13)7-5-4-6-8-12/h11H,3-10H2,1-2H3. The van der Waals surface area contributed by atoms with E-state index in [1.54, 1.807) is 0 Å². The van der Waals surface area contributed by atoms with Gasteiger partial charge in [-0.25, -0.2) is 0 Å². The molecular formula is C12H23NO. The Morgan fingerprint density at radius 3 is 2.64 bits per heavy atom. The Hall–Kier alpha value is -0.0800. The molecule has 1 unspecified atom stereocenters. The molecule has 0 N–H and O–H groups in total. The van der Waals surface area contributed by atoms with E-state index in [-0.39, 0.29) is 5.72 Å². The van der Waals surface area contributed by atoms with Gasteiger partial charge in [0, 0.05) is 12.6 Å². The predicted octanol–water partition coefficient (Wildman–Crippen LogP) is 2.78. The first-order chi connectivity index (χ1) is 6.78. The Morgan fingerprint density at radius 2 is 2.00 bits per heavy atom. The summed E-state index contributed by atoms with van der Waals surface area (Å²) in [7, 11) is 0. The first-order valence-corrected chi connectivity index (χ1v) is 6.19. The van der Waals surface area contributed by atoms with E-state index < -0.39 is 0 Å². The quantitative estimate of drug-likeness (QED) is 0.675. The Bertz CT molecular complexity index is 187. The summed E-state index contributed by atoms with van der Waals surface area (Å²) >= 11 is 0. The van der Waals surface area contributed by atoms with E-state index in [1.807, 2.05) is 0 Å². The first-order valence-electron chi connectivity index (χ1n) is 6.19. The van der Waals surface area contributed by atoms with Crippen molar-refractivity contribution < 1.29 is 4.74 Å². The minimum absolute atomic E-state index is 0.147. The zero-order valence-electron chi connectivity index (χ0n) is 9.59. The van der Waals surface area contributed by atoms with Gasteiger partial charge < -0.3 is 4.74 Å². The Morgan fingerprint density at radius 1 is 1.29 bits per heavy atom. The summed E-state index contributed by atoms with van der Waals surface area (Å²) in [6.45, 7) is 6.71. The molecule has 14 heavy (non-hydrogen) atoms. The van der Waals surface area contributed by atoms with Crippen LogP contribution in [-0.2, 0) is 4.74 Å². The van der Waals surface area contributed by atoms with E-state index in [2.05, 4.69) is 18.7 Å². The first kappa shape index (κ1) is 10.4. The highest BCUT2D eigenvalue weighted by atomic mass is 16.5. The lowest BCUT2D eigenvalue weighted by Crippen LogP contribution is -2.50. The van der Waals surface area contributed by atoms with Crippen LogP contribution in [0.5, 0.6) is 0 Å². The molecule has 1 aliphatic carbocycles. The van der Waals surface area contributed by atoms with Crippen LogP contribution in [0.25, 0.3) is 0 Å². The molecule has 1 spiro atoms. The van der Waals surface area contributed by atoms with Crippen LogP contribution >= 0.6 is 0 Å². The lowest BCUT2D eigenvalue weighted by Gasteiger charge is -2.42. The maximum Gasteiger partial charge on any atom is 0.122 e. The molecule has 2 rings (SSSR count). The van der Waals surface area contributed by atoms with Crippen molar-refractivity contribution in [2.75, 3.05) is 13.2 Å². The van der Waals surface area contributed by atoms with Crippen LogP contribution < -0.4 is 0 Å². The van der Waals surface area contributed by atoms with E-state index in [4.69, 9.17) is 4.74 Å². The van der Waals surface area contributed by atoms with Crippen LogP contribution in [0.3, 0.4) is 0 Å². The van der Waals surface area contributed by atoms with Crippen molar-refractivity contribution >= 4 is 0 Å². The third-order valence-electron chi connectivity index (χ3n) is 3.98. The average Bonchev–Trinajstić information content (AvgIpc) is 2.62. The minimum atomic E-state index is 0.147. The SMILES string of the molecule is CCC(C)N1CCOC12CCCCC2. The van der Waals surface area contributed by atoms with Gasteiger partial charge in [0.15, 0.2) is 0 Å². The fourth-order valence-electron chi connectivity index (χ4n) is 3.00. The molecule has 2 nitrogen and oxygen atoms in total. The second-order valence-electron chi connectivity index (χ2n) is 4.81. The number of hydrogen-bond donors (Lipinski definition) is 0. The highest BCUT2D eigenvalue weighted by Crippen LogP contribution is 2.39. The molecule has 0 amide bonds. The van der Waals surface area contributed by atoms with Crippen LogP contribution in [0.1, 0.15) is 52.4 Å². The maximum atomic E-state index is 6.04. The summed E-state index contributed by atoms with van der Waals surface area (Å²) in [5, 5.41) is 0. The molecule has 1 saturated carbocycles. The van der Waals surface area contributed by atoms with E-state index in [0.29, 0.717) is 6.04 Å². The number of rotatable bonds is 2. The topological polar surface area (TPSA) is 12.5 Å². The molecule has 1 heterocycles. The van der Waals surface area contributed by atoms with Gasteiger partial charge in [0.25, 0.3) is 0 Å². The van der Waals surface area contributed by atoms with Crippen LogP contribution in [0.2, 0.25) is 0 Å². The second-order valence-corrected chi connectivity index (χ2v) is 4.81. The lowest BCUT2D eigenvalue weighted by atomic mass is 9.89. The fraction of sp³-hybridized carbons (Fsp3) is 1.00. The highest BCUT2D eigenvalue weighted by Gasteiger charge is 2.44. The molecule has 2 aliphatic rings. The molecule has 0 bridgehead atoms. The van der Waals surface area contributed by atoms with E-state index in [9.17, 15) is 0 Å². The third-order valence-corrected chi connectivity index (χ3v) is 3.98. The molecule has 1 saturated heterocycles. The Kier molecular flexibility index (Phi) is 3.13. The molecule has 0 radical (unpaired) electrons. The number of hydrogen-bond acceptors (Lipinski definition) is 2. The normalized spacial score (nSPS) is 29.6. The molecule has 1 aliphatic heterocycles. The summed E-state index contributed by atoms with van der Waals surface area (Å²) in [6, 6.07) is 0.690. The molecule has 82 valence electrons. The van der Waals surface area contributed by atoms with Crippen LogP contribution in [0.4, 0.5) is 0 Å². The number of ether oxygens (including phenoxy) is 1. The molecular weight excluding hydrogens is 174 g/mol. The van der Waals surface area contributed by atoms with E-state index >= 15 is 0 Å². The molecule has 2 fully saturated rings. The molecule has 0 aromatic carbocycles. The van der Waals surface area contributed by atoms with Crippen LogP contribution in [0, 0.1) is 0 Å². The van der Waals surface area contributed by atoms with Gasteiger partial charge in [-0.3, -0.25) is 4.90 Å². The number of nitrogens with zero attached hydrogens (tertiary/aromatic N) is 1. The van der Waals surface area contributed by atoms with Crippen molar-refractivity contribution in [3.05, 3.63) is 0 Å². The zero-order valence-corrected chi connectivity index (χ0v) is 9.59. The largest absolute Gasteiger partial charge is 0.359 e. The van der Waals surface area contributed by atoms with Crippen LogP contribution in [-0.4, -0.2) is 29.8 Å². The van der Waals surface area contributed by atoms with Crippen molar-refractivity contribution in [1.29, 1.82) is 0 Å². The van der Waals surface area contributed by atoms with E-state index in [0.717, 1.165) is 13.2 Å². The Balaban J connectivity index is 2.07. The van der Waals surface area contributed by atoms with Gasteiger partial charge in [0.2, 0.25) is 0 Å². The van der Waals surface area contributed by atoms with Gasteiger partial charge in [0.1, 0.15) is 5.72 Å². The summed E-state index contributed by atoms with van der Waals surface area (Å²) < 4.78 is 6.04. The smallest absolute Gasteiger partial charge is 0.122 e. The maximum absolute atomic E-state index is 6.04. The van der Waals surface area contributed by atoms with Gasteiger partial charge in [-0.05, 0) is 39.0 Å². The monoisotopic (exact) mass is 197 g/mol. The fourth-order valence-corrected chi connectivity index (χ4v) is 3.00. The molecule has 0 aromatic heterocycles. The van der Waals surface area contributed by atoms with Gasteiger partial charge in [-0.2, -0.15) is 0 Å². The summed E-state index contributed by atoms with van der Waals surface area (Å²) in [6.07, 6.45) is 7.87. The van der Waals surface area contributed by atoms with Gasteiger partial charge in [-0.15, -0.1) is 0 Å². The van der Waals surface area contributed by atoms with Gasteiger partial charge in [-0.1, -0.05) is 13.3 Å². The van der Waals surface area contributed by atoms with Crippen LogP contribution in [0.15, 0.2) is 0 Å². The summed E-state index contributed by atoms with van der Waals surface area (Å²) in [5.41, 5.74) is 0.147. The Labute approximate surface area is 87.6 Å². The minimum Gasteiger partial charge on any atom is -0.359 e.